The molecule has 2 fully saturated rings. The predicted molar refractivity (Wildman–Crippen MR) is 88.8 cm³/mol. The molecule has 4 nitrogen and oxygen atoms in total. The quantitative estimate of drug-likeness (QED) is 0.905. The lowest BCUT2D eigenvalue weighted by atomic mass is 9.73. The third kappa shape index (κ3) is 3.70. The number of likely N-dealkylation sites (tertiary alicyclic amines) is 2. The Balaban J connectivity index is 1.62. The van der Waals surface area contributed by atoms with Crippen LogP contribution in [-0.2, 0) is 11.3 Å². The van der Waals surface area contributed by atoms with Crippen LogP contribution in [0.15, 0.2) is 16.8 Å². The lowest BCUT2D eigenvalue weighted by molar-refractivity contribution is -0.139. The number of carbonyl (C=O) groups is 1. The molecule has 1 N–H and O–H groups in total. The van der Waals surface area contributed by atoms with E-state index >= 15 is 0 Å². The Kier molecular flexibility index (Phi) is 5.16. The summed E-state index contributed by atoms with van der Waals surface area (Å²) < 4.78 is 0. The Morgan fingerprint density at radius 1 is 1.32 bits per heavy atom. The molecule has 1 aromatic heterocycles. The number of thiophene rings is 1. The molecule has 0 bridgehead atoms. The fourth-order valence-electron chi connectivity index (χ4n) is 3.99. The fourth-order valence-corrected chi connectivity index (χ4v) is 4.65. The molecule has 0 radical (unpaired) electrons. The summed E-state index contributed by atoms with van der Waals surface area (Å²) in [5.74, 6) is 0.272. The summed E-state index contributed by atoms with van der Waals surface area (Å²) in [6, 6.07) is 2.21. The molecule has 3 heterocycles. The van der Waals surface area contributed by atoms with Gasteiger partial charge in [-0.05, 0) is 54.6 Å². The van der Waals surface area contributed by atoms with Crippen molar-refractivity contribution in [3.63, 3.8) is 0 Å². The van der Waals surface area contributed by atoms with Crippen molar-refractivity contribution in [2.24, 2.45) is 5.41 Å². The van der Waals surface area contributed by atoms with Gasteiger partial charge < -0.3 is 10.0 Å². The van der Waals surface area contributed by atoms with Gasteiger partial charge in [0.05, 0.1) is 0 Å². The summed E-state index contributed by atoms with van der Waals surface area (Å²) in [5, 5.41) is 13.4. The van der Waals surface area contributed by atoms with E-state index in [0.29, 0.717) is 19.4 Å². The highest BCUT2D eigenvalue weighted by Gasteiger charge is 2.41. The van der Waals surface area contributed by atoms with Gasteiger partial charge >= 0.3 is 0 Å². The average Bonchev–Trinajstić information content (AvgIpc) is 3.02. The maximum Gasteiger partial charge on any atom is 0.222 e. The molecule has 2 saturated heterocycles. The van der Waals surface area contributed by atoms with E-state index in [4.69, 9.17) is 5.11 Å². The second-order valence-corrected chi connectivity index (χ2v) is 7.62. The van der Waals surface area contributed by atoms with Crippen molar-refractivity contribution in [2.45, 2.75) is 38.6 Å². The molecule has 3 rings (SSSR count). The van der Waals surface area contributed by atoms with Gasteiger partial charge in [0.25, 0.3) is 0 Å². The summed E-state index contributed by atoms with van der Waals surface area (Å²) >= 11 is 1.76. The highest BCUT2D eigenvalue weighted by molar-refractivity contribution is 7.07. The van der Waals surface area contributed by atoms with Gasteiger partial charge in [0.2, 0.25) is 5.91 Å². The lowest BCUT2D eigenvalue weighted by Crippen LogP contribution is -2.54. The second kappa shape index (κ2) is 7.11. The van der Waals surface area contributed by atoms with Crippen LogP contribution in [0.2, 0.25) is 0 Å². The molecule has 0 aliphatic carbocycles. The van der Waals surface area contributed by atoms with Crippen LogP contribution in [0, 0.1) is 5.41 Å². The van der Waals surface area contributed by atoms with Crippen LogP contribution in [0.1, 0.15) is 37.7 Å². The molecule has 2 aliphatic heterocycles. The maximum absolute atomic E-state index is 12.1. The third-order valence-electron chi connectivity index (χ3n) is 5.06. The molecule has 1 aromatic rings. The normalized spacial score (nSPS) is 26.8. The Labute approximate surface area is 136 Å². The smallest absolute Gasteiger partial charge is 0.222 e. The summed E-state index contributed by atoms with van der Waals surface area (Å²) in [4.78, 5) is 16.7. The largest absolute Gasteiger partial charge is 0.396 e. The lowest BCUT2D eigenvalue weighted by Gasteiger charge is -2.48. The van der Waals surface area contributed by atoms with E-state index in [1.165, 1.54) is 24.9 Å². The number of hydrogen-bond donors (Lipinski definition) is 1. The summed E-state index contributed by atoms with van der Waals surface area (Å²) in [7, 11) is 0. The number of rotatable bonds is 5. The molecule has 1 atom stereocenters. The Hall–Kier alpha value is -0.910. The highest BCUT2D eigenvalue weighted by atomic mass is 32.1. The summed E-state index contributed by atoms with van der Waals surface area (Å²) in [5.41, 5.74) is 1.68. The first-order valence-corrected chi connectivity index (χ1v) is 9.27. The zero-order valence-electron chi connectivity index (χ0n) is 13.2. The standard InChI is InChI=1S/C17H26N2O2S/c20-9-2-8-19-14-17(6-3-16(19)21)5-1-7-18(13-17)11-15-4-10-22-12-15/h4,10,12,20H,1-3,5-9,11,13-14H2/t17-/m0/s1. The van der Waals surface area contributed by atoms with Gasteiger partial charge in [-0.25, -0.2) is 0 Å². The van der Waals surface area contributed by atoms with Crippen LogP contribution in [0.5, 0.6) is 0 Å². The molecule has 1 amide bonds. The molecular formula is C17H26N2O2S. The van der Waals surface area contributed by atoms with Gasteiger partial charge in [-0.15, -0.1) is 0 Å². The van der Waals surface area contributed by atoms with E-state index < -0.39 is 0 Å². The summed E-state index contributed by atoms with van der Waals surface area (Å²) in [6.45, 7) is 5.07. The Morgan fingerprint density at radius 3 is 3.00 bits per heavy atom. The fraction of sp³-hybridized carbons (Fsp3) is 0.706. The first-order chi connectivity index (χ1) is 10.7. The van der Waals surface area contributed by atoms with E-state index in [2.05, 4.69) is 21.7 Å². The first-order valence-electron chi connectivity index (χ1n) is 8.33. The van der Waals surface area contributed by atoms with Gasteiger partial charge in [-0.1, -0.05) is 0 Å². The SMILES string of the molecule is O=C1CC[C@]2(CCCN(Cc3ccsc3)C2)CN1CCCO. The zero-order valence-corrected chi connectivity index (χ0v) is 14.0. The van der Waals surface area contributed by atoms with Crippen molar-refractivity contribution in [3.8, 4) is 0 Å². The zero-order chi connectivity index (χ0) is 15.4. The Bertz CT molecular complexity index is 491. The monoisotopic (exact) mass is 322 g/mol. The second-order valence-electron chi connectivity index (χ2n) is 6.84. The van der Waals surface area contributed by atoms with Gasteiger partial charge in [-0.2, -0.15) is 11.3 Å². The molecule has 0 aromatic carbocycles. The molecule has 0 unspecified atom stereocenters. The van der Waals surface area contributed by atoms with Crippen LogP contribution < -0.4 is 0 Å². The minimum absolute atomic E-state index is 0.168. The van der Waals surface area contributed by atoms with Crippen LogP contribution in [0.4, 0.5) is 0 Å². The first kappa shape index (κ1) is 16.0. The van der Waals surface area contributed by atoms with E-state index in [9.17, 15) is 4.79 Å². The molecule has 5 heteroatoms. The number of amides is 1. The minimum Gasteiger partial charge on any atom is -0.396 e. The van der Waals surface area contributed by atoms with Crippen molar-refractivity contribution in [1.82, 2.24) is 9.80 Å². The van der Waals surface area contributed by atoms with Crippen LogP contribution in [0.3, 0.4) is 0 Å². The minimum atomic E-state index is 0.168. The predicted octanol–water partition coefficient (Wildman–Crippen LogP) is 2.34. The number of hydrogen-bond acceptors (Lipinski definition) is 4. The number of nitrogens with zero attached hydrogens (tertiary/aromatic N) is 2. The Morgan fingerprint density at radius 2 is 2.23 bits per heavy atom. The highest BCUT2D eigenvalue weighted by Crippen LogP contribution is 2.39. The molecule has 2 aliphatic rings. The van der Waals surface area contributed by atoms with E-state index in [1.807, 2.05) is 4.90 Å². The topological polar surface area (TPSA) is 43.8 Å². The van der Waals surface area contributed by atoms with Crippen molar-refractivity contribution in [3.05, 3.63) is 22.4 Å². The number of carbonyl (C=O) groups excluding carboxylic acids is 1. The van der Waals surface area contributed by atoms with Crippen molar-refractivity contribution in [1.29, 1.82) is 0 Å². The van der Waals surface area contributed by atoms with Crippen molar-refractivity contribution in [2.75, 3.05) is 32.8 Å². The molecule has 1 spiro atoms. The van der Waals surface area contributed by atoms with Gasteiger partial charge in [0.15, 0.2) is 0 Å². The van der Waals surface area contributed by atoms with Crippen LogP contribution >= 0.6 is 11.3 Å². The number of aliphatic hydroxyl groups excluding tert-OH is 1. The van der Waals surface area contributed by atoms with Crippen LogP contribution in [-0.4, -0.2) is 53.6 Å². The average molecular weight is 322 g/mol. The number of piperidine rings is 2. The molecule has 0 saturated carbocycles. The van der Waals surface area contributed by atoms with Crippen LogP contribution in [0.25, 0.3) is 0 Å². The van der Waals surface area contributed by atoms with E-state index in [1.54, 1.807) is 11.3 Å². The van der Waals surface area contributed by atoms with Gasteiger partial charge in [-0.3, -0.25) is 9.69 Å². The van der Waals surface area contributed by atoms with Crippen molar-refractivity contribution >= 4 is 17.2 Å². The van der Waals surface area contributed by atoms with Gasteiger partial charge in [0.1, 0.15) is 0 Å². The van der Waals surface area contributed by atoms with E-state index in [-0.39, 0.29) is 17.9 Å². The molecular weight excluding hydrogens is 296 g/mol. The summed E-state index contributed by atoms with van der Waals surface area (Å²) in [6.07, 6.45) is 4.86. The molecule has 22 heavy (non-hydrogen) atoms. The maximum atomic E-state index is 12.1. The number of aliphatic hydroxyl groups is 1. The third-order valence-corrected chi connectivity index (χ3v) is 5.79. The van der Waals surface area contributed by atoms with Crippen molar-refractivity contribution < 1.29 is 9.90 Å². The van der Waals surface area contributed by atoms with E-state index in [0.717, 1.165) is 26.1 Å². The molecule has 122 valence electrons. The van der Waals surface area contributed by atoms with Gasteiger partial charge in [0, 0.05) is 44.6 Å².